The summed E-state index contributed by atoms with van der Waals surface area (Å²) >= 11 is 7.02. The number of pyridine rings is 1. The van der Waals surface area contributed by atoms with Gasteiger partial charge in [-0.15, -0.1) is 5.10 Å². The minimum atomic E-state index is 0.528. The van der Waals surface area contributed by atoms with Crippen LogP contribution in [0.4, 0.5) is 0 Å². The van der Waals surface area contributed by atoms with E-state index in [1.807, 2.05) is 91.1 Å². The minimum Gasteiger partial charge on any atom is -0.435 e. The number of rotatable bonds is 5. The monoisotopic (exact) mass is 597 g/mol. The summed E-state index contributed by atoms with van der Waals surface area (Å²) in [5, 5.41) is 8.61. The minimum absolute atomic E-state index is 0.528. The van der Waals surface area contributed by atoms with E-state index in [2.05, 4.69) is 47.2 Å². The topological polar surface area (TPSA) is 69.6 Å². The van der Waals surface area contributed by atoms with Crippen molar-refractivity contribution in [1.29, 1.82) is 0 Å². The lowest BCUT2D eigenvalue weighted by molar-refractivity contribution is 0.589. The van der Waals surface area contributed by atoms with Crippen LogP contribution in [0.3, 0.4) is 0 Å². The second-order valence-corrected chi connectivity index (χ2v) is 9.88. The number of aromatic nitrogens is 5. The Morgan fingerprint density at radius 1 is 0.722 bits per heavy atom. The molecule has 0 N–H and O–H groups in total. The zero-order chi connectivity index (χ0) is 24.5. The van der Waals surface area contributed by atoms with Gasteiger partial charge in [-0.3, -0.25) is 4.98 Å². The largest absolute Gasteiger partial charge is 0.435 e. The third-order valence-electron chi connectivity index (χ3n) is 5.66. The van der Waals surface area contributed by atoms with Crippen LogP contribution in [0.15, 0.2) is 117 Å². The van der Waals surface area contributed by atoms with E-state index in [0.717, 1.165) is 48.3 Å². The van der Waals surface area contributed by atoms with Crippen LogP contribution in [0.1, 0.15) is 0 Å². The van der Waals surface area contributed by atoms with E-state index in [-0.39, 0.29) is 0 Å². The maximum atomic E-state index is 6.39. The summed E-state index contributed by atoms with van der Waals surface area (Å²) in [4.78, 5) is 9.08. The second kappa shape index (κ2) is 9.64. The fraction of sp³-hybridized carbons (Fsp3) is 0. The standard InChI is InChI=1S/C28H17Br2N5O/c29-22-10-6-18(7-11-22)26-27(19-8-12-23(30)13-9-19)36-28(32-26)20-3-1-5-24(15-20)35-17-25(33-34-35)21-4-2-14-31-16-21/h1-17H. The lowest BCUT2D eigenvalue weighted by atomic mass is 10.1. The zero-order valence-corrected chi connectivity index (χ0v) is 21.9. The summed E-state index contributed by atoms with van der Waals surface area (Å²) in [6.45, 7) is 0. The molecule has 0 saturated heterocycles. The van der Waals surface area contributed by atoms with Crippen LogP contribution in [0.5, 0.6) is 0 Å². The molecule has 0 bridgehead atoms. The first-order chi connectivity index (χ1) is 17.6. The summed E-state index contributed by atoms with van der Waals surface area (Å²) in [5.41, 5.74) is 6.05. The van der Waals surface area contributed by atoms with Crippen LogP contribution in [0, 0.1) is 0 Å². The van der Waals surface area contributed by atoms with E-state index < -0.39 is 0 Å². The molecule has 0 radical (unpaired) electrons. The summed E-state index contributed by atoms with van der Waals surface area (Å²) in [6.07, 6.45) is 5.38. The number of oxazole rings is 1. The summed E-state index contributed by atoms with van der Waals surface area (Å²) < 4.78 is 10.1. The third-order valence-corrected chi connectivity index (χ3v) is 6.72. The van der Waals surface area contributed by atoms with Crippen LogP contribution in [-0.2, 0) is 0 Å². The van der Waals surface area contributed by atoms with E-state index in [1.165, 1.54) is 0 Å². The van der Waals surface area contributed by atoms with Gasteiger partial charge in [-0.2, -0.15) is 0 Å². The molecule has 3 aromatic carbocycles. The Balaban J connectivity index is 1.41. The van der Waals surface area contributed by atoms with Gasteiger partial charge in [0.1, 0.15) is 11.4 Å². The molecule has 3 heterocycles. The van der Waals surface area contributed by atoms with Crippen LogP contribution < -0.4 is 0 Å². The molecule has 0 saturated carbocycles. The highest BCUT2D eigenvalue weighted by atomic mass is 79.9. The molecule has 0 atom stereocenters. The summed E-state index contributed by atoms with van der Waals surface area (Å²) in [7, 11) is 0. The Morgan fingerprint density at radius 2 is 1.44 bits per heavy atom. The van der Waals surface area contributed by atoms with E-state index in [0.29, 0.717) is 11.7 Å². The van der Waals surface area contributed by atoms with Gasteiger partial charge >= 0.3 is 0 Å². The number of benzene rings is 3. The molecular weight excluding hydrogens is 582 g/mol. The molecule has 3 aromatic heterocycles. The first-order valence-corrected chi connectivity index (χ1v) is 12.7. The van der Waals surface area contributed by atoms with Crippen molar-refractivity contribution in [2.75, 3.05) is 0 Å². The lowest BCUT2D eigenvalue weighted by Crippen LogP contribution is -1.95. The van der Waals surface area contributed by atoms with Gasteiger partial charge in [-0.05, 0) is 54.6 Å². The van der Waals surface area contributed by atoms with E-state index in [1.54, 1.807) is 17.1 Å². The Kier molecular flexibility index (Phi) is 6.04. The van der Waals surface area contributed by atoms with Crippen LogP contribution >= 0.6 is 31.9 Å². The summed E-state index contributed by atoms with van der Waals surface area (Å²) in [5.74, 6) is 1.24. The lowest BCUT2D eigenvalue weighted by Gasteiger charge is -2.02. The molecule has 0 aliphatic heterocycles. The normalized spacial score (nSPS) is 11.1. The van der Waals surface area contributed by atoms with Crippen LogP contribution in [0.25, 0.3) is 51.0 Å². The highest BCUT2D eigenvalue weighted by Gasteiger charge is 2.19. The van der Waals surface area contributed by atoms with Crippen LogP contribution in [-0.4, -0.2) is 25.0 Å². The van der Waals surface area contributed by atoms with Crippen molar-refractivity contribution in [1.82, 2.24) is 25.0 Å². The van der Waals surface area contributed by atoms with Crippen molar-refractivity contribution in [3.05, 3.63) is 112 Å². The Labute approximate surface area is 223 Å². The fourth-order valence-electron chi connectivity index (χ4n) is 3.86. The molecule has 174 valence electrons. The Hall–Kier alpha value is -3.88. The SMILES string of the molecule is Brc1ccc(-c2nc(-c3cccc(-n4cc(-c5cccnc5)nn4)c3)oc2-c2ccc(Br)cc2)cc1. The maximum Gasteiger partial charge on any atom is 0.227 e. The number of hydrogen-bond donors (Lipinski definition) is 0. The van der Waals surface area contributed by atoms with E-state index in [4.69, 9.17) is 9.40 Å². The molecule has 8 heteroatoms. The molecule has 0 aliphatic carbocycles. The average Bonchev–Trinajstić information content (AvgIpc) is 3.59. The molecule has 0 unspecified atom stereocenters. The quantitative estimate of drug-likeness (QED) is 0.202. The average molecular weight is 599 g/mol. The predicted octanol–water partition coefficient (Wildman–Crippen LogP) is 7.84. The third kappa shape index (κ3) is 4.53. The first-order valence-electron chi connectivity index (χ1n) is 11.1. The van der Waals surface area contributed by atoms with Gasteiger partial charge in [0.05, 0.1) is 11.9 Å². The molecule has 0 amide bonds. The number of nitrogens with zero attached hydrogens (tertiary/aromatic N) is 5. The van der Waals surface area contributed by atoms with Gasteiger partial charge < -0.3 is 4.42 Å². The Bertz CT molecular complexity index is 1580. The molecule has 0 aliphatic rings. The zero-order valence-electron chi connectivity index (χ0n) is 18.7. The first kappa shape index (κ1) is 22.6. The number of halogens is 2. The van der Waals surface area contributed by atoms with Gasteiger partial charge in [0, 0.05) is 43.6 Å². The van der Waals surface area contributed by atoms with Crippen molar-refractivity contribution < 1.29 is 4.42 Å². The highest BCUT2D eigenvalue weighted by molar-refractivity contribution is 9.10. The van der Waals surface area contributed by atoms with Gasteiger partial charge in [-0.1, -0.05) is 67.4 Å². The molecule has 36 heavy (non-hydrogen) atoms. The predicted molar refractivity (Wildman–Crippen MR) is 146 cm³/mol. The van der Waals surface area contributed by atoms with Gasteiger partial charge in [0.2, 0.25) is 5.89 Å². The van der Waals surface area contributed by atoms with Crippen molar-refractivity contribution in [3.63, 3.8) is 0 Å². The number of hydrogen-bond acceptors (Lipinski definition) is 5. The smallest absolute Gasteiger partial charge is 0.227 e. The van der Waals surface area contributed by atoms with Crippen molar-refractivity contribution >= 4 is 31.9 Å². The highest BCUT2D eigenvalue weighted by Crippen LogP contribution is 2.37. The Morgan fingerprint density at radius 3 is 2.17 bits per heavy atom. The van der Waals surface area contributed by atoms with Crippen molar-refractivity contribution in [2.45, 2.75) is 0 Å². The van der Waals surface area contributed by atoms with E-state index >= 15 is 0 Å². The molecule has 6 nitrogen and oxygen atoms in total. The molecule has 0 spiro atoms. The fourth-order valence-corrected chi connectivity index (χ4v) is 4.39. The van der Waals surface area contributed by atoms with Crippen molar-refractivity contribution in [2.24, 2.45) is 0 Å². The van der Waals surface area contributed by atoms with Gasteiger partial charge in [-0.25, -0.2) is 9.67 Å². The second-order valence-electron chi connectivity index (χ2n) is 8.05. The molecule has 0 fully saturated rings. The molecular formula is C28H17Br2N5O. The van der Waals surface area contributed by atoms with Gasteiger partial charge in [0.25, 0.3) is 0 Å². The van der Waals surface area contributed by atoms with Crippen molar-refractivity contribution in [3.8, 4) is 51.0 Å². The van der Waals surface area contributed by atoms with Gasteiger partial charge in [0.15, 0.2) is 5.76 Å². The summed E-state index contributed by atoms with van der Waals surface area (Å²) in [6, 6.07) is 27.8. The molecule has 6 aromatic rings. The van der Waals surface area contributed by atoms with E-state index in [9.17, 15) is 0 Å². The molecule has 6 rings (SSSR count). The van der Waals surface area contributed by atoms with Crippen LogP contribution in [0.2, 0.25) is 0 Å². The maximum absolute atomic E-state index is 6.39.